The van der Waals surface area contributed by atoms with Crippen molar-refractivity contribution in [3.05, 3.63) is 76.2 Å². The minimum absolute atomic E-state index is 0.109. The number of carbonyl (C=O) groups is 2. The maximum atomic E-state index is 13.4. The molecule has 2 unspecified atom stereocenters. The van der Waals surface area contributed by atoms with Crippen LogP contribution in [0.5, 0.6) is 0 Å². The highest BCUT2D eigenvalue weighted by Gasteiger charge is 2.64. The normalized spacial score (nSPS) is 19.5. The number of carbonyl (C=O) groups excluding carboxylic acids is 2. The fourth-order valence-electron chi connectivity index (χ4n) is 4.35. The molecule has 0 bridgehead atoms. The molecule has 2 fully saturated rings. The number of hydrogen-bond acceptors (Lipinski definition) is 8. The first-order chi connectivity index (χ1) is 17.6. The topological polar surface area (TPSA) is 126 Å². The average Bonchev–Trinajstić information content (AvgIpc) is 3.75. The molecule has 0 aliphatic heterocycles. The van der Waals surface area contributed by atoms with Gasteiger partial charge in [-0.3, -0.25) is 14.2 Å². The molecule has 5 rings (SSSR count). The predicted molar refractivity (Wildman–Crippen MR) is 139 cm³/mol. The van der Waals surface area contributed by atoms with Gasteiger partial charge in [0.25, 0.3) is 5.56 Å². The summed E-state index contributed by atoms with van der Waals surface area (Å²) in [6, 6.07) is 14.3. The van der Waals surface area contributed by atoms with Gasteiger partial charge in [-0.2, -0.15) is 0 Å². The summed E-state index contributed by atoms with van der Waals surface area (Å²) in [4.78, 5) is 43.3. The molecule has 37 heavy (non-hydrogen) atoms. The van der Waals surface area contributed by atoms with E-state index in [9.17, 15) is 14.4 Å². The Morgan fingerprint density at radius 1 is 1.14 bits per heavy atom. The zero-order valence-electron chi connectivity index (χ0n) is 21.1. The van der Waals surface area contributed by atoms with E-state index in [2.05, 4.69) is 10.3 Å². The molecule has 2 aromatic carbocycles. The van der Waals surface area contributed by atoms with Crippen LogP contribution in [-0.2, 0) is 27.4 Å². The minimum Gasteiger partial charge on any atom is -0.459 e. The van der Waals surface area contributed by atoms with Gasteiger partial charge in [-0.1, -0.05) is 30.3 Å². The number of rotatable bonds is 8. The van der Waals surface area contributed by atoms with Crippen LogP contribution in [0.1, 0.15) is 43.1 Å². The number of aromatic nitrogens is 2. The number of hydrogen-bond donors (Lipinski definition) is 2. The molecule has 9 nitrogen and oxygen atoms in total. The molecular weight excluding hydrogens is 472 g/mol. The van der Waals surface area contributed by atoms with Crippen LogP contribution in [0.15, 0.2) is 59.5 Å². The lowest BCUT2D eigenvalue weighted by atomic mass is 10.1. The Bertz CT molecular complexity index is 1400. The van der Waals surface area contributed by atoms with Crippen LogP contribution in [0.25, 0.3) is 11.3 Å². The van der Waals surface area contributed by atoms with Crippen LogP contribution in [0, 0.1) is 11.8 Å². The van der Waals surface area contributed by atoms with Gasteiger partial charge in [0, 0.05) is 17.3 Å². The predicted octanol–water partition coefficient (Wildman–Crippen LogP) is 3.62. The molecule has 1 heterocycles. The number of nitrogens with one attached hydrogen (secondary N) is 1. The molecule has 2 saturated carbocycles. The molecule has 2 aliphatic carbocycles. The molecule has 3 aromatic rings. The third-order valence-electron chi connectivity index (χ3n) is 6.44. The lowest BCUT2D eigenvalue weighted by molar-refractivity contribution is -0.155. The fourth-order valence-corrected chi connectivity index (χ4v) is 4.35. The zero-order valence-corrected chi connectivity index (χ0v) is 21.1. The van der Waals surface area contributed by atoms with E-state index in [1.54, 1.807) is 32.9 Å². The fraction of sp³-hybridized carbons (Fsp3) is 0.357. The van der Waals surface area contributed by atoms with E-state index >= 15 is 0 Å². The largest absolute Gasteiger partial charge is 0.459 e. The molecule has 192 valence electrons. The Morgan fingerprint density at radius 2 is 1.86 bits per heavy atom. The Morgan fingerprint density at radius 3 is 2.51 bits per heavy atom. The number of esters is 2. The number of benzene rings is 2. The summed E-state index contributed by atoms with van der Waals surface area (Å²) in [5, 5.41) is 3.20. The smallest absolute Gasteiger partial charge is 0.338 e. The molecule has 0 saturated heterocycles. The van der Waals surface area contributed by atoms with Crippen LogP contribution in [0.2, 0.25) is 0 Å². The van der Waals surface area contributed by atoms with Crippen molar-refractivity contribution < 1.29 is 19.1 Å². The van der Waals surface area contributed by atoms with Crippen molar-refractivity contribution in [3.63, 3.8) is 0 Å². The zero-order chi connectivity index (χ0) is 26.3. The van der Waals surface area contributed by atoms with Crippen molar-refractivity contribution in [3.8, 4) is 11.3 Å². The molecule has 1 aromatic heterocycles. The summed E-state index contributed by atoms with van der Waals surface area (Å²) in [7, 11) is 0. The highest BCUT2D eigenvalue weighted by atomic mass is 16.6. The molecule has 0 radical (unpaired) electrons. The Kier molecular flexibility index (Phi) is 6.23. The Balaban J connectivity index is 1.45. The molecule has 3 N–H and O–H groups in total. The molecule has 0 amide bonds. The van der Waals surface area contributed by atoms with E-state index in [4.69, 9.17) is 15.2 Å². The highest BCUT2D eigenvalue weighted by Crippen LogP contribution is 2.63. The summed E-state index contributed by atoms with van der Waals surface area (Å²) < 4.78 is 12.2. The standard InChI is InChI=1S/C28H30N4O5/c1-28(2,3)37-23(33)14-32-22(13-30-25(26(32)34)31-24-20-12-21(20)24)17-9-18(11-19(29)10-17)27(35)36-15-16-7-5-4-6-8-16/h4-11,13,20-21,24H,12,14-15,29H2,1-3H3,(H,30,31). The van der Waals surface area contributed by atoms with Gasteiger partial charge in [0.15, 0.2) is 5.82 Å². The first-order valence-corrected chi connectivity index (χ1v) is 12.3. The van der Waals surface area contributed by atoms with Crippen LogP contribution >= 0.6 is 0 Å². The summed E-state index contributed by atoms with van der Waals surface area (Å²) in [5.41, 5.74) is 7.15. The van der Waals surface area contributed by atoms with Crippen LogP contribution in [-0.4, -0.2) is 33.1 Å². The van der Waals surface area contributed by atoms with Crippen LogP contribution in [0.3, 0.4) is 0 Å². The third-order valence-corrected chi connectivity index (χ3v) is 6.44. The van der Waals surface area contributed by atoms with E-state index in [1.807, 2.05) is 30.3 Å². The number of fused-ring (bicyclic) bond motifs is 1. The summed E-state index contributed by atoms with van der Waals surface area (Å²) in [6.45, 7) is 5.08. The van der Waals surface area contributed by atoms with E-state index < -0.39 is 23.1 Å². The second kappa shape index (κ2) is 9.38. The van der Waals surface area contributed by atoms with Crippen LogP contribution in [0.4, 0.5) is 11.5 Å². The molecular formula is C28H30N4O5. The minimum atomic E-state index is -0.711. The molecule has 2 aliphatic rings. The Labute approximate surface area is 214 Å². The molecule has 0 spiro atoms. The molecule has 9 heteroatoms. The van der Waals surface area contributed by atoms with Crippen molar-refractivity contribution in [2.45, 2.75) is 52.0 Å². The van der Waals surface area contributed by atoms with Gasteiger partial charge in [0.1, 0.15) is 18.8 Å². The Hall–Kier alpha value is -4.14. The summed E-state index contributed by atoms with van der Waals surface area (Å²) in [6.07, 6.45) is 2.68. The summed E-state index contributed by atoms with van der Waals surface area (Å²) >= 11 is 0. The SMILES string of the molecule is CC(C)(C)OC(=O)Cn1c(-c2cc(N)cc(C(=O)OCc3ccccc3)c2)cnc(NC2C3CC32)c1=O. The lowest BCUT2D eigenvalue weighted by Crippen LogP contribution is -2.33. The van der Waals surface area contributed by atoms with Gasteiger partial charge in [-0.05, 0) is 62.8 Å². The second-order valence-corrected chi connectivity index (χ2v) is 10.6. The van der Waals surface area contributed by atoms with Gasteiger partial charge in [-0.25, -0.2) is 9.78 Å². The number of nitrogens with two attached hydrogens (primary N) is 1. The van der Waals surface area contributed by atoms with Gasteiger partial charge >= 0.3 is 11.9 Å². The van der Waals surface area contributed by atoms with Gasteiger partial charge in [-0.15, -0.1) is 0 Å². The quantitative estimate of drug-likeness (QED) is 0.353. The monoisotopic (exact) mass is 502 g/mol. The number of anilines is 2. The van der Waals surface area contributed by atoms with Gasteiger partial charge in [0.05, 0.1) is 17.5 Å². The maximum Gasteiger partial charge on any atom is 0.338 e. The summed E-state index contributed by atoms with van der Waals surface area (Å²) in [5.74, 6) is 0.291. The number of nitrogens with zero attached hydrogens (tertiary/aromatic N) is 2. The van der Waals surface area contributed by atoms with E-state index in [0.29, 0.717) is 28.8 Å². The van der Waals surface area contributed by atoms with Gasteiger partial charge < -0.3 is 20.5 Å². The third kappa shape index (κ3) is 5.66. The van der Waals surface area contributed by atoms with Crippen molar-refractivity contribution >= 4 is 23.4 Å². The van der Waals surface area contributed by atoms with Crippen molar-refractivity contribution in [2.75, 3.05) is 11.1 Å². The van der Waals surface area contributed by atoms with Crippen molar-refractivity contribution in [1.29, 1.82) is 0 Å². The van der Waals surface area contributed by atoms with Crippen LogP contribution < -0.4 is 16.6 Å². The van der Waals surface area contributed by atoms with E-state index in [-0.39, 0.29) is 30.6 Å². The van der Waals surface area contributed by atoms with E-state index in [1.165, 1.54) is 23.3 Å². The number of nitrogen functional groups attached to an aromatic ring is 1. The van der Waals surface area contributed by atoms with Crippen molar-refractivity contribution in [2.24, 2.45) is 11.8 Å². The second-order valence-electron chi connectivity index (χ2n) is 10.6. The number of ether oxygens (including phenoxy) is 2. The first kappa shape index (κ1) is 24.5. The average molecular weight is 503 g/mol. The molecule has 2 atom stereocenters. The van der Waals surface area contributed by atoms with Crippen molar-refractivity contribution in [1.82, 2.24) is 9.55 Å². The lowest BCUT2D eigenvalue weighted by Gasteiger charge is -2.21. The maximum absolute atomic E-state index is 13.4. The van der Waals surface area contributed by atoms with E-state index in [0.717, 1.165) is 5.56 Å². The highest BCUT2D eigenvalue weighted by molar-refractivity contribution is 5.92. The van der Waals surface area contributed by atoms with Gasteiger partial charge in [0.2, 0.25) is 0 Å². The first-order valence-electron chi connectivity index (χ1n) is 12.3.